The average molecular weight is 323 g/mol. The zero-order chi connectivity index (χ0) is 17.3. The maximum atomic E-state index is 13.1. The number of amides is 1. The van der Waals surface area contributed by atoms with Crippen molar-refractivity contribution in [2.45, 2.75) is 0 Å². The summed E-state index contributed by atoms with van der Waals surface area (Å²) in [4.78, 5) is 31.4. The topological polar surface area (TPSA) is 64.4 Å². The number of rotatable bonds is 3. The first-order valence-electron chi connectivity index (χ1n) is 7.41. The summed E-state index contributed by atoms with van der Waals surface area (Å²) in [5, 5.41) is 0.605. The molecule has 0 aliphatic carbocycles. The zero-order valence-corrected chi connectivity index (χ0v) is 13.7. The number of nitrogens with zero attached hydrogens (tertiary/aromatic N) is 3. The number of fused-ring (bicyclic) bond motifs is 1. The number of pyridine rings is 2. The van der Waals surface area contributed by atoms with E-state index in [1.165, 1.54) is 16.6 Å². The molecular formula is C18H17N3O3. The number of carbonyl (C=O) groups is 1. The van der Waals surface area contributed by atoms with Gasteiger partial charge >= 0.3 is 0 Å². The van der Waals surface area contributed by atoms with Gasteiger partial charge in [0, 0.05) is 20.3 Å². The summed E-state index contributed by atoms with van der Waals surface area (Å²) in [7, 11) is 4.64. The van der Waals surface area contributed by atoms with Gasteiger partial charge in [0.25, 0.3) is 11.5 Å². The lowest BCUT2D eigenvalue weighted by Crippen LogP contribution is -2.33. The number of methoxy groups -OCH3 is 1. The van der Waals surface area contributed by atoms with Crippen LogP contribution in [0.2, 0.25) is 0 Å². The Kier molecular flexibility index (Phi) is 4.04. The Balaban J connectivity index is 2.51. The van der Waals surface area contributed by atoms with Crippen LogP contribution in [0, 0.1) is 0 Å². The van der Waals surface area contributed by atoms with Gasteiger partial charge in [-0.3, -0.25) is 14.2 Å². The summed E-state index contributed by atoms with van der Waals surface area (Å²) in [6.07, 6.45) is 1.61. The third kappa shape index (κ3) is 2.42. The fourth-order valence-corrected chi connectivity index (χ4v) is 2.63. The molecule has 0 fully saturated rings. The van der Waals surface area contributed by atoms with Crippen LogP contribution >= 0.6 is 0 Å². The molecule has 0 aliphatic rings. The van der Waals surface area contributed by atoms with Gasteiger partial charge in [-0.15, -0.1) is 0 Å². The number of carbonyl (C=O) groups excluding carboxylic acids is 1. The molecule has 1 aromatic carbocycles. The van der Waals surface area contributed by atoms with E-state index in [-0.39, 0.29) is 11.3 Å². The minimum Gasteiger partial charge on any atom is -0.495 e. The molecule has 0 spiro atoms. The van der Waals surface area contributed by atoms with Gasteiger partial charge in [0.15, 0.2) is 5.65 Å². The third-order valence-corrected chi connectivity index (χ3v) is 3.73. The van der Waals surface area contributed by atoms with Gasteiger partial charge in [-0.25, -0.2) is 4.98 Å². The van der Waals surface area contributed by atoms with Crippen molar-refractivity contribution in [3.05, 3.63) is 64.6 Å². The van der Waals surface area contributed by atoms with Crippen molar-refractivity contribution >= 4 is 16.9 Å². The minimum absolute atomic E-state index is 0.00754. The summed E-state index contributed by atoms with van der Waals surface area (Å²) < 4.78 is 6.84. The van der Waals surface area contributed by atoms with Gasteiger partial charge in [0.2, 0.25) is 0 Å². The largest absolute Gasteiger partial charge is 0.495 e. The molecule has 2 heterocycles. The zero-order valence-electron chi connectivity index (χ0n) is 13.7. The highest BCUT2D eigenvalue weighted by Crippen LogP contribution is 2.28. The Bertz CT molecular complexity index is 962. The van der Waals surface area contributed by atoms with Crippen molar-refractivity contribution in [2.24, 2.45) is 0 Å². The monoisotopic (exact) mass is 323 g/mol. The van der Waals surface area contributed by atoms with E-state index in [0.29, 0.717) is 16.7 Å². The molecule has 6 nitrogen and oxygen atoms in total. The van der Waals surface area contributed by atoms with Crippen molar-refractivity contribution < 1.29 is 9.53 Å². The van der Waals surface area contributed by atoms with Crippen LogP contribution in [0.5, 0.6) is 5.75 Å². The van der Waals surface area contributed by atoms with Crippen LogP contribution < -0.4 is 10.3 Å². The Hall–Kier alpha value is -3.15. The fraction of sp³-hybridized carbons (Fsp3) is 0.167. The molecule has 0 N–H and O–H groups in total. The molecule has 0 atom stereocenters. The number of benzene rings is 1. The van der Waals surface area contributed by atoms with E-state index in [0.717, 1.165) is 0 Å². The minimum atomic E-state index is -0.456. The van der Waals surface area contributed by atoms with Gasteiger partial charge in [0.05, 0.1) is 18.2 Å². The SMILES string of the molecule is COc1c(C(=O)N(C)C)c(=O)n(-c2ccccc2)c2ncccc12. The molecule has 0 radical (unpaired) electrons. The molecule has 122 valence electrons. The van der Waals surface area contributed by atoms with Gasteiger partial charge in [-0.1, -0.05) is 18.2 Å². The lowest BCUT2D eigenvalue weighted by Gasteiger charge is -2.18. The Morgan fingerprint density at radius 1 is 1.12 bits per heavy atom. The number of aromatic nitrogens is 2. The molecule has 0 bridgehead atoms. The highest BCUT2D eigenvalue weighted by molar-refractivity contribution is 6.02. The first-order chi connectivity index (χ1) is 11.6. The van der Waals surface area contributed by atoms with E-state index >= 15 is 0 Å². The maximum Gasteiger partial charge on any atom is 0.273 e. The molecule has 3 rings (SSSR count). The third-order valence-electron chi connectivity index (χ3n) is 3.73. The second kappa shape index (κ2) is 6.16. The van der Waals surface area contributed by atoms with E-state index in [4.69, 9.17) is 4.74 Å². The number of hydrogen-bond acceptors (Lipinski definition) is 4. The predicted octanol–water partition coefficient (Wildman–Crippen LogP) is 2.10. The van der Waals surface area contributed by atoms with Crippen LogP contribution in [-0.2, 0) is 0 Å². The molecule has 6 heteroatoms. The molecule has 0 unspecified atom stereocenters. The van der Waals surface area contributed by atoms with Gasteiger partial charge in [-0.05, 0) is 24.3 Å². The highest BCUT2D eigenvalue weighted by Gasteiger charge is 2.25. The lowest BCUT2D eigenvalue weighted by atomic mass is 10.1. The summed E-state index contributed by atoms with van der Waals surface area (Å²) >= 11 is 0. The first kappa shape index (κ1) is 15.7. The van der Waals surface area contributed by atoms with Crippen LogP contribution in [0.25, 0.3) is 16.7 Å². The molecule has 1 amide bonds. The molecule has 0 saturated heterocycles. The van der Waals surface area contributed by atoms with Gasteiger partial charge < -0.3 is 9.64 Å². The summed E-state index contributed by atoms with van der Waals surface area (Å²) in [6, 6.07) is 12.6. The summed E-state index contributed by atoms with van der Waals surface area (Å²) in [5.41, 5.74) is 0.623. The Labute approximate surface area is 138 Å². The smallest absolute Gasteiger partial charge is 0.273 e. The second-order valence-corrected chi connectivity index (χ2v) is 5.46. The van der Waals surface area contributed by atoms with E-state index in [9.17, 15) is 9.59 Å². The molecule has 0 aliphatic heterocycles. The van der Waals surface area contributed by atoms with Gasteiger partial charge in [0.1, 0.15) is 11.3 Å². The van der Waals surface area contributed by atoms with E-state index < -0.39 is 11.5 Å². The van der Waals surface area contributed by atoms with Gasteiger partial charge in [-0.2, -0.15) is 0 Å². The maximum absolute atomic E-state index is 13.1. The quantitative estimate of drug-likeness (QED) is 0.740. The number of para-hydroxylation sites is 1. The van der Waals surface area contributed by atoms with E-state index in [1.807, 2.05) is 18.2 Å². The van der Waals surface area contributed by atoms with Crippen LogP contribution in [0.4, 0.5) is 0 Å². The number of hydrogen-bond donors (Lipinski definition) is 0. The van der Waals surface area contributed by atoms with Crippen LogP contribution in [0.3, 0.4) is 0 Å². The molecule has 24 heavy (non-hydrogen) atoms. The fourth-order valence-electron chi connectivity index (χ4n) is 2.63. The Morgan fingerprint density at radius 2 is 1.83 bits per heavy atom. The molecular weight excluding hydrogens is 306 g/mol. The highest BCUT2D eigenvalue weighted by atomic mass is 16.5. The first-order valence-corrected chi connectivity index (χ1v) is 7.41. The van der Waals surface area contributed by atoms with E-state index in [1.54, 1.807) is 44.6 Å². The van der Waals surface area contributed by atoms with Crippen molar-refractivity contribution in [3.63, 3.8) is 0 Å². The van der Waals surface area contributed by atoms with Crippen molar-refractivity contribution in [3.8, 4) is 11.4 Å². The predicted molar refractivity (Wildman–Crippen MR) is 91.9 cm³/mol. The summed E-state index contributed by atoms with van der Waals surface area (Å²) in [5.74, 6) is -0.165. The van der Waals surface area contributed by atoms with Crippen molar-refractivity contribution in [2.75, 3.05) is 21.2 Å². The van der Waals surface area contributed by atoms with Crippen molar-refractivity contribution in [1.29, 1.82) is 0 Å². The molecule has 2 aromatic heterocycles. The van der Waals surface area contributed by atoms with Crippen LogP contribution in [-0.4, -0.2) is 41.6 Å². The molecule has 0 saturated carbocycles. The van der Waals surface area contributed by atoms with Crippen LogP contribution in [0.15, 0.2) is 53.5 Å². The Morgan fingerprint density at radius 3 is 2.46 bits per heavy atom. The second-order valence-electron chi connectivity index (χ2n) is 5.46. The number of ether oxygens (including phenoxy) is 1. The summed E-state index contributed by atoms with van der Waals surface area (Å²) in [6.45, 7) is 0. The molecule has 3 aromatic rings. The van der Waals surface area contributed by atoms with Crippen LogP contribution in [0.1, 0.15) is 10.4 Å². The van der Waals surface area contributed by atoms with E-state index in [2.05, 4.69) is 4.98 Å². The van der Waals surface area contributed by atoms with Crippen molar-refractivity contribution in [1.82, 2.24) is 14.5 Å². The standard InChI is InChI=1S/C18H17N3O3/c1-20(2)17(22)14-15(24-3)13-10-7-11-19-16(13)21(18(14)23)12-8-5-4-6-9-12/h4-11H,1-3H3. The normalized spacial score (nSPS) is 10.6. The average Bonchev–Trinajstić information content (AvgIpc) is 2.60. The lowest BCUT2D eigenvalue weighted by molar-refractivity contribution is 0.0822.